The van der Waals surface area contributed by atoms with E-state index in [1.54, 1.807) is 42.5 Å². The number of nitro groups is 1. The predicted molar refractivity (Wildman–Crippen MR) is 123 cm³/mol. The fourth-order valence-electron chi connectivity index (χ4n) is 2.79. The maximum absolute atomic E-state index is 13.7. The van der Waals surface area contributed by atoms with E-state index in [2.05, 4.69) is 9.93 Å². The third-order valence-corrected chi connectivity index (χ3v) is 5.98. The Morgan fingerprint density at radius 3 is 2.32 bits per heavy atom. The molecule has 34 heavy (non-hydrogen) atoms. The van der Waals surface area contributed by atoms with Crippen LogP contribution in [0.15, 0.2) is 78.9 Å². The molecule has 11 heteroatoms. The lowest BCUT2D eigenvalue weighted by molar-refractivity contribution is -0.385. The van der Waals surface area contributed by atoms with Crippen molar-refractivity contribution < 1.29 is 28.1 Å². The molecule has 1 unspecified atom stereocenters. The number of esters is 1. The molecule has 0 aliphatic heterocycles. The van der Waals surface area contributed by atoms with Crippen LogP contribution in [0.3, 0.4) is 0 Å². The summed E-state index contributed by atoms with van der Waals surface area (Å²) in [6.45, 7) is 8.67. The summed E-state index contributed by atoms with van der Waals surface area (Å²) in [4.78, 5) is 26.4. The first-order valence-electron chi connectivity index (χ1n) is 9.99. The number of nitrogens with one attached hydrogen (secondary N) is 1. The Morgan fingerprint density at radius 1 is 1.06 bits per heavy atom. The molecule has 0 aliphatic rings. The molecular formula is C23H20N3O7P. The largest absolute Gasteiger partial charge is 0.512 e. The van der Waals surface area contributed by atoms with Crippen LogP contribution in [0.5, 0.6) is 11.5 Å². The fraction of sp³-hybridized carbons (Fsp3) is 0.130. The van der Waals surface area contributed by atoms with E-state index in [1.165, 1.54) is 31.2 Å². The normalized spacial score (nSPS) is 13.1. The molecule has 3 aromatic carbocycles. The van der Waals surface area contributed by atoms with Crippen molar-refractivity contribution in [1.82, 2.24) is 5.09 Å². The number of carbonyl (C=O) groups is 1. The van der Waals surface area contributed by atoms with E-state index >= 15 is 0 Å². The van der Waals surface area contributed by atoms with Gasteiger partial charge in [0.25, 0.3) is 0 Å². The first kappa shape index (κ1) is 24.5. The van der Waals surface area contributed by atoms with E-state index in [-0.39, 0.29) is 18.0 Å². The number of nitro benzene ring substituents is 1. The second kappa shape index (κ2) is 11.1. The molecule has 0 spiro atoms. The van der Waals surface area contributed by atoms with Gasteiger partial charge in [0.15, 0.2) is 0 Å². The van der Waals surface area contributed by atoms with Gasteiger partial charge in [-0.1, -0.05) is 60.7 Å². The summed E-state index contributed by atoms with van der Waals surface area (Å²) >= 11 is 0. The maximum Gasteiger partial charge on any atom is 0.512 e. The van der Waals surface area contributed by atoms with Crippen molar-refractivity contribution in [1.29, 1.82) is 0 Å². The summed E-state index contributed by atoms with van der Waals surface area (Å²) in [5.41, 5.74) is -0.0664. The van der Waals surface area contributed by atoms with Crippen LogP contribution in [0.25, 0.3) is 4.85 Å². The van der Waals surface area contributed by atoms with Crippen LogP contribution >= 0.6 is 7.75 Å². The van der Waals surface area contributed by atoms with Gasteiger partial charge in [-0.25, -0.2) is 9.41 Å². The minimum atomic E-state index is -4.47. The Bertz CT molecular complexity index is 1250. The molecular weight excluding hydrogens is 461 g/mol. The highest BCUT2D eigenvalue weighted by Gasteiger charge is 2.37. The van der Waals surface area contributed by atoms with Gasteiger partial charge in [-0.15, -0.1) is 0 Å². The lowest BCUT2D eigenvalue weighted by atomic mass is 10.2. The van der Waals surface area contributed by atoms with Gasteiger partial charge >= 0.3 is 19.4 Å². The van der Waals surface area contributed by atoms with E-state index in [0.717, 1.165) is 11.6 Å². The zero-order valence-electron chi connectivity index (χ0n) is 18.0. The number of para-hydroxylation sites is 2. The number of carbonyl (C=O) groups excluding carboxylic acids is 1. The highest BCUT2D eigenvalue weighted by atomic mass is 31.2. The van der Waals surface area contributed by atoms with E-state index < -0.39 is 36.1 Å². The summed E-state index contributed by atoms with van der Waals surface area (Å²) in [6.07, 6.45) is 0. The third-order valence-electron chi connectivity index (χ3n) is 4.40. The standard InChI is InChI=1S/C23H20N3O7P/c1-17(23(27)31-16-18-10-5-3-6-11-18)25-34(30,32-19-12-7-4-8-13-19)33-22-20(24-2)14-9-15-21(22)26(28)29/h3-15,17H,16H2,1H3,(H,25,30)/t17-,34?/m0/s1. The lowest BCUT2D eigenvalue weighted by Gasteiger charge is -2.23. The Balaban J connectivity index is 1.86. The van der Waals surface area contributed by atoms with Gasteiger partial charge in [0, 0.05) is 6.07 Å². The molecule has 3 aromatic rings. The summed E-state index contributed by atoms with van der Waals surface area (Å²) < 4.78 is 29.9. The van der Waals surface area contributed by atoms with Crippen molar-refractivity contribution in [3.8, 4) is 11.5 Å². The summed E-state index contributed by atoms with van der Waals surface area (Å²) in [7, 11) is -4.47. The van der Waals surface area contributed by atoms with Crippen LogP contribution in [-0.2, 0) is 20.7 Å². The zero-order valence-corrected chi connectivity index (χ0v) is 18.9. The van der Waals surface area contributed by atoms with Crippen LogP contribution in [-0.4, -0.2) is 16.9 Å². The number of ether oxygens (including phenoxy) is 1. The van der Waals surface area contributed by atoms with Gasteiger partial charge in [0.2, 0.25) is 11.4 Å². The van der Waals surface area contributed by atoms with Crippen molar-refractivity contribution in [3.05, 3.63) is 106 Å². The minimum Gasteiger partial charge on any atom is -0.460 e. The van der Waals surface area contributed by atoms with Crippen molar-refractivity contribution in [2.75, 3.05) is 0 Å². The average Bonchev–Trinajstić information content (AvgIpc) is 2.83. The van der Waals surface area contributed by atoms with Crippen LogP contribution in [0.2, 0.25) is 0 Å². The fourth-order valence-corrected chi connectivity index (χ4v) is 4.34. The van der Waals surface area contributed by atoms with Gasteiger partial charge in [-0.2, -0.15) is 5.09 Å². The van der Waals surface area contributed by atoms with Gasteiger partial charge in [-0.05, 0) is 24.6 Å². The summed E-state index contributed by atoms with van der Waals surface area (Å²) in [6, 6.07) is 19.4. The quantitative estimate of drug-likeness (QED) is 0.134. The second-order valence-electron chi connectivity index (χ2n) is 6.93. The Morgan fingerprint density at radius 2 is 1.71 bits per heavy atom. The maximum atomic E-state index is 13.7. The molecule has 0 bridgehead atoms. The predicted octanol–water partition coefficient (Wildman–Crippen LogP) is 5.43. The molecule has 2 atom stereocenters. The Hall–Kier alpha value is -4.19. The first-order chi connectivity index (χ1) is 16.3. The number of hydrogen-bond acceptors (Lipinski definition) is 7. The molecule has 0 aromatic heterocycles. The Labute approximate surface area is 195 Å². The number of benzene rings is 3. The number of rotatable bonds is 10. The highest BCUT2D eigenvalue weighted by Crippen LogP contribution is 2.50. The van der Waals surface area contributed by atoms with Crippen molar-refractivity contribution in [3.63, 3.8) is 0 Å². The number of nitrogens with zero attached hydrogens (tertiary/aromatic N) is 2. The van der Waals surface area contributed by atoms with Gasteiger partial charge in [0.1, 0.15) is 18.4 Å². The molecule has 0 aliphatic carbocycles. The molecule has 0 fully saturated rings. The van der Waals surface area contributed by atoms with Gasteiger partial charge in [-0.3, -0.25) is 14.9 Å². The molecule has 0 heterocycles. The van der Waals surface area contributed by atoms with Crippen molar-refractivity contribution in [2.45, 2.75) is 19.6 Å². The van der Waals surface area contributed by atoms with E-state index in [9.17, 15) is 19.5 Å². The summed E-state index contributed by atoms with van der Waals surface area (Å²) in [5, 5.41) is 13.9. The summed E-state index contributed by atoms with van der Waals surface area (Å²) in [5.74, 6) is -1.18. The molecule has 0 saturated heterocycles. The van der Waals surface area contributed by atoms with E-state index in [1.807, 2.05) is 6.07 Å². The molecule has 3 rings (SSSR count). The zero-order chi connectivity index (χ0) is 24.6. The molecule has 0 amide bonds. The van der Waals surface area contributed by atoms with E-state index in [4.69, 9.17) is 20.4 Å². The topological polar surface area (TPSA) is 121 Å². The second-order valence-corrected chi connectivity index (χ2v) is 8.55. The van der Waals surface area contributed by atoms with Crippen LogP contribution in [0, 0.1) is 16.7 Å². The molecule has 10 nitrogen and oxygen atoms in total. The Kier molecular flexibility index (Phi) is 7.98. The smallest absolute Gasteiger partial charge is 0.460 e. The van der Waals surface area contributed by atoms with Crippen LogP contribution in [0.4, 0.5) is 11.4 Å². The molecule has 0 radical (unpaired) electrons. The van der Waals surface area contributed by atoms with Crippen LogP contribution in [0.1, 0.15) is 12.5 Å². The molecule has 174 valence electrons. The lowest BCUT2D eigenvalue weighted by Crippen LogP contribution is -2.35. The monoisotopic (exact) mass is 481 g/mol. The van der Waals surface area contributed by atoms with Gasteiger partial charge < -0.3 is 13.8 Å². The third kappa shape index (κ3) is 6.42. The first-order valence-corrected chi connectivity index (χ1v) is 11.5. The average molecular weight is 481 g/mol. The number of hydrogen-bond donors (Lipinski definition) is 1. The molecule has 1 N–H and O–H groups in total. The van der Waals surface area contributed by atoms with Gasteiger partial charge in [0.05, 0.1) is 11.5 Å². The molecule has 0 saturated carbocycles. The minimum absolute atomic E-state index is 0.0115. The highest BCUT2D eigenvalue weighted by molar-refractivity contribution is 7.52. The van der Waals surface area contributed by atoms with Crippen molar-refractivity contribution >= 4 is 25.1 Å². The van der Waals surface area contributed by atoms with Crippen molar-refractivity contribution in [2.24, 2.45) is 0 Å². The van der Waals surface area contributed by atoms with E-state index in [0.29, 0.717) is 0 Å². The van der Waals surface area contributed by atoms with Crippen LogP contribution < -0.4 is 14.1 Å². The SMILES string of the molecule is [C-]#[N+]c1cccc([N+](=O)[O-])c1OP(=O)(N[C@@H](C)C(=O)OCc1ccccc1)Oc1ccccc1.